The van der Waals surface area contributed by atoms with E-state index in [-0.39, 0.29) is 0 Å². The highest BCUT2D eigenvalue weighted by Gasteiger charge is 1.79. The first kappa shape index (κ1) is 10.3. The van der Waals surface area contributed by atoms with E-state index >= 15 is 0 Å². The molecule has 0 amide bonds. The minimum absolute atomic E-state index is 0.520. The minimum Gasteiger partial charge on any atom is -0.303 e. The zero-order chi connectivity index (χ0) is 10.1. The summed E-state index contributed by atoms with van der Waals surface area (Å²) in [5.41, 5.74) is 1.14. The fourth-order valence-corrected chi connectivity index (χ4v) is 0.964. The largest absolute Gasteiger partial charge is 0.303 e. The van der Waals surface area contributed by atoms with Gasteiger partial charge >= 0.3 is 0 Å². The molecule has 0 N–H and O–H groups in total. The number of carbonyl (C=O) groups excluding carboxylic acids is 1. The Morgan fingerprint density at radius 1 is 1.21 bits per heavy atom. The molecule has 0 fully saturated rings. The first-order valence-electron chi connectivity index (χ1n) is 4.57. The van der Waals surface area contributed by atoms with E-state index in [0.29, 0.717) is 12.8 Å². The van der Waals surface area contributed by atoms with Gasteiger partial charge in [-0.1, -0.05) is 42.2 Å². The Balaban J connectivity index is 2.40. The number of aldehydes is 1. The topological polar surface area (TPSA) is 17.1 Å². The van der Waals surface area contributed by atoms with Gasteiger partial charge in [0.05, 0.1) is 0 Å². The van der Waals surface area contributed by atoms with Gasteiger partial charge in [-0.25, -0.2) is 0 Å². The molecule has 1 heteroatoms. The zero-order valence-corrected chi connectivity index (χ0v) is 7.94. The molecule has 0 unspecified atom stereocenters. The highest BCUT2D eigenvalue weighted by atomic mass is 16.1. The molecule has 1 aromatic carbocycles. The van der Waals surface area contributed by atoms with Crippen LogP contribution in [-0.4, -0.2) is 6.29 Å². The maximum absolute atomic E-state index is 9.97. The normalized spacial score (nSPS) is 9.43. The first-order chi connectivity index (χ1) is 6.93. The van der Waals surface area contributed by atoms with Gasteiger partial charge in [0.25, 0.3) is 0 Å². The van der Waals surface area contributed by atoms with E-state index < -0.39 is 0 Å². The fourth-order valence-electron chi connectivity index (χ4n) is 0.964. The number of rotatable bonds is 3. The van der Waals surface area contributed by atoms with Crippen molar-refractivity contribution in [3.8, 4) is 11.8 Å². The first-order valence-corrected chi connectivity index (χ1v) is 4.57. The molecule has 0 radical (unpaired) electrons. The van der Waals surface area contributed by atoms with Crippen LogP contribution in [-0.2, 0) is 4.79 Å². The summed E-state index contributed by atoms with van der Waals surface area (Å²) in [6.07, 6.45) is 5.80. The summed E-state index contributed by atoms with van der Waals surface area (Å²) in [4.78, 5) is 9.97. The summed E-state index contributed by atoms with van der Waals surface area (Å²) < 4.78 is 0. The van der Waals surface area contributed by atoms with Crippen molar-refractivity contribution in [3.63, 3.8) is 0 Å². The van der Waals surface area contributed by atoms with Crippen LogP contribution in [0.2, 0.25) is 0 Å². The lowest BCUT2D eigenvalue weighted by molar-refractivity contribution is -0.107. The molecule has 0 bridgehead atoms. The van der Waals surface area contributed by atoms with E-state index in [4.69, 9.17) is 0 Å². The van der Waals surface area contributed by atoms with E-state index in [2.05, 4.69) is 11.8 Å². The van der Waals surface area contributed by atoms with Crippen LogP contribution < -0.4 is 0 Å². The second kappa shape index (κ2) is 6.68. The van der Waals surface area contributed by atoms with Crippen LogP contribution in [0.1, 0.15) is 18.4 Å². The summed E-state index contributed by atoms with van der Waals surface area (Å²) in [5.74, 6) is 5.77. The lowest BCUT2D eigenvalue weighted by atomic mass is 10.2. The van der Waals surface area contributed by atoms with E-state index in [1.165, 1.54) is 0 Å². The van der Waals surface area contributed by atoms with Gasteiger partial charge < -0.3 is 4.79 Å². The molecule has 0 heterocycles. The van der Waals surface area contributed by atoms with Crippen molar-refractivity contribution in [3.05, 3.63) is 42.0 Å². The molecule has 0 saturated heterocycles. The van der Waals surface area contributed by atoms with Crippen LogP contribution in [0.15, 0.2) is 36.4 Å². The molecular formula is C13H12O. The second-order valence-corrected chi connectivity index (χ2v) is 2.77. The summed E-state index contributed by atoms with van der Waals surface area (Å²) in [6, 6.07) is 9.99. The van der Waals surface area contributed by atoms with Gasteiger partial charge in [0, 0.05) is 12.8 Å². The SMILES string of the molecule is O=CCCC#CC=Cc1ccccc1. The van der Waals surface area contributed by atoms with Crippen molar-refractivity contribution in [1.82, 2.24) is 0 Å². The standard InChI is InChI=1S/C13H12O/c14-12-8-3-1-2-5-9-13-10-6-4-7-11-13/h4-7,9-12H,3,8H2. The van der Waals surface area contributed by atoms with Crippen LogP contribution in [0.3, 0.4) is 0 Å². The van der Waals surface area contributed by atoms with Crippen molar-refractivity contribution in [2.45, 2.75) is 12.8 Å². The van der Waals surface area contributed by atoms with E-state index in [0.717, 1.165) is 11.8 Å². The van der Waals surface area contributed by atoms with Crippen LogP contribution in [0.25, 0.3) is 6.08 Å². The zero-order valence-electron chi connectivity index (χ0n) is 7.94. The fraction of sp³-hybridized carbons (Fsp3) is 0.154. The Bertz CT molecular complexity index is 352. The Labute approximate surface area is 84.5 Å². The highest BCUT2D eigenvalue weighted by molar-refractivity contribution is 5.53. The maximum Gasteiger partial charge on any atom is 0.120 e. The number of carbonyl (C=O) groups is 1. The Hall–Kier alpha value is -1.81. The van der Waals surface area contributed by atoms with Gasteiger partial charge in [-0.05, 0) is 17.7 Å². The van der Waals surface area contributed by atoms with Crippen LogP contribution >= 0.6 is 0 Å². The third kappa shape index (κ3) is 4.27. The molecule has 0 spiro atoms. The molecule has 1 aromatic rings. The highest BCUT2D eigenvalue weighted by Crippen LogP contribution is 1.99. The Kier molecular flexibility index (Phi) is 4.90. The van der Waals surface area contributed by atoms with Crippen molar-refractivity contribution >= 4 is 12.4 Å². The maximum atomic E-state index is 9.97. The van der Waals surface area contributed by atoms with Gasteiger partial charge in [0.1, 0.15) is 6.29 Å². The van der Waals surface area contributed by atoms with Crippen molar-refractivity contribution in [2.75, 3.05) is 0 Å². The average Bonchev–Trinajstić information content (AvgIpc) is 2.25. The van der Waals surface area contributed by atoms with E-state index in [1.807, 2.05) is 36.4 Å². The summed E-state index contributed by atoms with van der Waals surface area (Å²) in [6.45, 7) is 0. The van der Waals surface area contributed by atoms with Gasteiger partial charge in [-0.15, -0.1) is 0 Å². The second-order valence-electron chi connectivity index (χ2n) is 2.77. The third-order valence-electron chi connectivity index (χ3n) is 1.65. The molecule has 0 saturated carbocycles. The Morgan fingerprint density at radius 3 is 2.71 bits per heavy atom. The molecule has 1 nitrogen and oxygen atoms in total. The molecule has 70 valence electrons. The van der Waals surface area contributed by atoms with Crippen molar-refractivity contribution < 1.29 is 4.79 Å². The Morgan fingerprint density at radius 2 is 2.00 bits per heavy atom. The smallest absolute Gasteiger partial charge is 0.120 e. The molecule has 14 heavy (non-hydrogen) atoms. The van der Waals surface area contributed by atoms with Crippen LogP contribution in [0, 0.1) is 11.8 Å². The lowest BCUT2D eigenvalue weighted by Gasteiger charge is -1.87. The van der Waals surface area contributed by atoms with Crippen LogP contribution in [0.4, 0.5) is 0 Å². The number of hydrogen-bond donors (Lipinski definition) is 0. The average molecular weight is 184 g/mol. The van der Waals surface area contributed by atoms with Crippen molar-refractivity contribution in [2.24, 2.45) is 0 Å². The molecule has 0 aliphatic rings. The molecule has 0 atom stereocenters. The predicted octanol–water partition coefficient (Wildman–Crippen LogP) is 2.68. The lowest BCUT2D eigenvalue weighted by Crippen LogP contribution is -1.70. The van der Waals surface area contributed by atoms with E-state index in [1.54, 1.807) is 6.08 Å². The van der Waals surface area contributed by atoms with Gasteiger partial charge in [0.2, 0.25) is 0 Å². The van der Waals surface area contributed by atoms with E-state index in [9.17, 15) is 4.79 Å². The summed E-state index contributed by atoms with van der Waals surface area (Å²) in [5, 5.41) is 0. The number of unbranched alkanes of at least 4 members (excludes halogenated alkanes) is 1. The van der Waals surface area contributed by atoms with Crippen molar-refractivity contribution in [1.29, 1.82) is 0 Å². The molecule has 0 aliphatic heterocycles. The van der Waals surface area contributed by atoms with Crippen LogP contribution in [0.5, 0.6) is 0 Å². The van der Waals surface area contributed by atoms with Gasteiger partial charge in [-0.3, -0.25) is 0 Å². The number of benzene rings is 1. The van der Waals surface area contributed by atoms with Gasteiger partial charge in [-0.2, -0.15) is 0 Å². The minimum atomic E-state index is 0.520. The number of hydrogen-bond acceptors (Lipinski definition) is 1. The van der Waals surface area contributed by atoms with Gasteiger partial charge in [0.15, 0.2) is 0 Å². The molecular weight excluding hydrogens is 172 g/mol. The molecule has 0 aliphatic carbocycles. The molecule has 0 aromatic heterocycles. The third-order valence-corrected chi connectivity index (χ3v) is 1.65. The summed E-state index contributed by atoms with van der Waals surface area (Å²) >= 11 is 0. The number of allylic oxidation sites excluding steroid dienone is 1. The predicted molar refractivity (Wildman–Crippen MR) is 58.6 cm³/mol. The summed E-state index contributed by atoms with van der Waals surface area (Å²) in [7, 11) is 0. The molecule has 1 rings (SSSR count). The quantitative estimate of drug-likeness (QED) is 0.401. The monoisotopic (exact) mass is 184 g/mol.